The third-order valence-corrected chi connectivity index (χ3v) is 2.95. The van der Waals surface area contributed by atoms with E-state index in [2.05, 4.69) is 22.9 Å². The SMILES string of the molecule is CCOc1cc(CC)c(Br)cc1CC=O. The van der Waals surface area contributed by atoms with Crippen LogP contribution in [0.25, 0.3) is 0 Å². The van der Waals surface area contributed by atoms with Crippen molar-refractivity contribution in [1.82, 2.24) is 0 Å². The molecule has 0 radical (unpaired) electrons. The minimum Gasteiger partial charge on any atom is -0.494 e. The second-order valence-corrected chi connectivity index (χ2v) is 4.06. The van der Waals surface area contributed by atoms with Crippen molar-refractivity contribution in [3.8, 4) is 5.75 Å². The predicted molar refractivity (Wildman–Crippen MR) is 64.5 cm³/mol. The largest absolute Gasteiger partial charge is 0.494 e. The number of ether oxygens (including phenoxy) is 1. The van der Waals surface area contributed by atoms with Crippen LogP contribution in [0.15, 0.2) is 16.6 Å². The van der Waals surface area contributed by atoms with Gasteiger partial charge in [-0.15, -0.1) is 0 Å². The highest BCUT2D eigenvalue weighted by atomic mass is 79.9. The lowest BCUT2D eigenvalue weighted by molar-refractivity contribution is -0.107. The van der Waals surface area contributed by atoms with Gasteiger partial charge < -0.3 is 9.53 Å². The fourth-order valence-corrected chi connectivity index (χ4v) is 2.12. The summed E-state index contributed by atoms with van der Waals surface area (Å²) in [6, 6.07) is 3.98. The highest BCUT2D eigenvalue weighted by Crippen LogP contribution is 2.28. The van der Waals surface area contributed by atoms with Crippen LogP contribution in [-0.4, -0.2) is 12.9 Å². The van der Waals surface area contributed by atoms with E-state index in [9.17, 15) is 4.79 Å². The van der Waals surface area contributed by atoms with Crippen LogP contribution in [0.1, 0.15) is 25.0 Å². The molecular weight excluding hydrogens is 256 g/mol. The van der Waals surface area contributed by atoms with E-state index in [0.717, 1.165) is 28.5 Å². The van der Waals surface area contributed by atoms with Crippen LogP contribution in [0, 0.1) is 0 Å². The van der Waals surface area contributed by atoms with E-state index in [4.69, 9.17) is 4.74 Å². The van der Waals surface area contributed by atoms with Gasteiger partial charge in [-0.1, -0.05) is 22.9 Å². The van der Waals surface area contributed by atoms with Crippen molar-refractivity contribution in [3.63, 3.8) is 0 Å². The lowest BCUT2D eigenvalue weighted by atomic mass is 10.1. The number of hydrogen-bond donors (Lipinski definition) is 0. The van der Waals surface area contributed by atoms with E-state index in [0.29, 0.717) is 13.0 Å². The van der Waals surface area contributed by atoms with Crippen LogP contribution in [0.5, 0.6) is 5.75 Å². The Morgan fingerprint density at radius 1 is 1.33 bits per heavy atom. The first-order chi connectivity index (χ1) is 7.22. The first kappa shape index (κ1) is 12.2. The molecule has 0 fully saturated rings. The molecule has 0 saturated carbocycles. The number of hydrogen-bond acceptors (Lipinski definition) is 2. The number of carbonyl (C=O) groups is 1. The van der Waals surface area contributed by atoms with E-state index in [1.807, 2.05) is 19.1 Å². The minimum atomic E-state index is 0.401. The molecule has 15 heavy (non-hydrogen) atoms. The van der Waals surface area contributed by atoms with Gasteiger partial charge in [0.25, 0.3) is 0 Å². The maximum Gasteiger partial charge on any atom is 0.124 e. The van der Waals surface area contributed by atoms with E-state index in [-0.39, 0.29) is 0 Å². The van der Waals surface area contributed by atoms with Crippen molar-refractivity contribution in [2.75, 3.05) is 6.61 Å². The van der Waals surface area contributed by atoms with Crippen molar-refractivity contribution < 1.29 is 9.53 Å². The van der Waals surface area contributed by atoms with Crippen LogP contribution in [-0.2, 0) is 17.6 Å². The molecule has 0 spiro atoms. The van der Waals surface area contributed by atoms with Gasteiger partial charge in [-0.2, -0.15) is 0 Å². The molecule has 0 saturated heterocycles. The maximum absolute atomic E-state index is 10.5. The molecule has 82 valence electrons. The van der Waals surface area contributed by atoms with Gasteiger partial charge in [0.1, 0.15) is 12.0 Å². The van der Waals surface area contributed by atoms with Crippen LogP contribution in [0.4, 0.5) is 0 Å². The maximum atomic E-state index is 10.5. The second kappa shape index (κ2) is 5.91. The molecule has 0 bridgehead atoms. The Kier molecular flexibility index (Phi) is 4.82. The molecule has 0 atom stereocenters. The Hall–Kier alpha value is -0.830. The van der Waals surface area contributed by atoms with Crippen LogP contribution in [0.3, 0.4) is 0 Å². The van der Waals surface area contributed by atoms with Crippen LogP contribution >= 0.6 is 15.9 Å². The van der Waals surface area contributed by atoms with Gasteiger partial charge in [0.05, 0.1) is 6.61 Å². The highest BCUT2D eigenvalue weighted by molar-refractivity contribution is 9.10. The first-order valence-corrected chi connectivity index (χ1v) is 5.89. The summed E-state index contributed by atoms with van der Waals surface area (Å²) in [5, 5.41) is 0. The van der Waals surface area contributed by atoms with Crippen molar-refractivity contribution in [2.45, 2.75) is 26.7 Å². The van der Waals surface area contributed by atoms with E-state index in [1.54, 1.807) is 0 Å². The molecule has 0 unspecified atom stereocenters. The topological polar surface area (TPSA) is 26.3 Å². The van der Waals surface area contributed by atoms with E-state index < -0.39 is 0 Å². The number of halogens is 1. The van der Waals surface area contributed by atoms with Gasteiger partial charge in [0.2, 0.25) is 0 Å². The summed E-state index contributed by atoms with van der Waals surface area (Å²) in [7, 11) is 0. The number of benzene rings is 1. The smallest absolute Gasteiger partial charge is 0.124 e. The summed E-state index contributed by atoms with van der Waals surface area (Å²) < 4.78 is 6.55. The number of aryl methyl sites for hydroxylation is 1. The molecule has 0 aliphatic carbocycles. The van der Waals surface area contributed by atoms with Gasteiger partial charge in [-0.3, -0.25) is 0 Å². The molecular formula is C12H15BrO2. The summed E-state index contributed by atoms with van der Waals surface area (Å²) in [5.74, 6) is 0.824. The standard InChI is InChI=1S/C12H15BrO2/c1-3-9-8-12(15-4-2)10(5-6-14)7-11(9)13/h6-8H,3-5H2,1-2H3. The zero-order valence-electron chi connectivity index (χ0n) is 9.05. The Morgan fingerprint density at radius 2 is 2.07 bits per heavy atom. The Balaban J connectivity index is 3.12. The second-order valence-electron chi connectivity index (χ2n) is 3.21. The lowest BCUT2D eigenvalue weighted by Gasteiger charge is -2.11. The van der Waals surface area contributed by atoms with Gasteiger partial charge in [-0.25, -0.2) is 0 Å². The quantitative estimate of drug-likeness (QED) is 0.769. The fraction of sp³-hybridized carbons (Fsp3) is 0.417. The third kappa shape index (κ3) is 3.06. The monoisotopic (exact) mass is 270 g/mol. The molecule has 1 aromatic rings. The molecule has 0 N–H and O–H groups in total. The summed E-state index contributed by atoms with van der Waals surface area (Å²) >= 11 is 3.49. The van der Waals surface area contributed by atoms with Crippen molar-refractivity contribution in [1.29, 1.82) is 0 Å². The molecule has 1 rings (SSSR count). The average Bonchev–Trinajstić information content (AvgIpc) is 2.22. The zero-order chi connectivity index (χ0) is 11.3. The Labute approximate surface area is 98.8 Å². The first-order valence-electron chi connectivity index (χ1n) is 5.10. The fourth-order valence-electron chi connectivity index (χ4n) is 1.45. The number of rotatable bonds is 5. The Bertz CT molecular complexity index is 348. The van der Waals surface area contributed by atoms with Crippen molar-refractivity contribution >= 4 is 22.2 Å². The van der Waals surface area contributed by atoms with E-state index in [1.165, 1.54) is 5.56 Å². The molecule has 3 heteroatoms. The molecule has 2 nitrogen and oxygen atoms in total. The van der Waals surface area contributed by atoms with Gasteiger partial charge >= 0.3 is 0 Å². The third-order valence-electron chi connectivity index (χ3n) is 2.21. The number of aldehydes is 1. The molecule has 0 aromatic heterocycles. The van der Waals surface area contributed by atoms with Gasteiger partial charge in [0, 0.05) is 16.5 Å². The summed E-state index contributed by atoms with van der Waals surface area (Å²) in [6.07, 6.45) is 2.25. The van der Waals surface area contributed by atoms with Gasteiger partial charge in [-0.05, 0) is 31.0 Å². The minimum absolute atomic E-state index is 0.401. The average molecular weight is 271 g/mol. The lowest BCUT2D eigenvalue weighted by Crippen LogP contribution is -1.99. The normalized spacial score (nSPS) is 10.1. The van der Waals surface area contributed by atoms with E-state index >= 15 is 0 Å². The summed E-state index contributed by atoms with van der Waals surface area (Å²) in [6.45, 7) is 4.66. The van der Waals surface area contributed by atoms with Crippen LogP contribution < -0.4 is 4.74 Å². The zero-order valence-corrected chi connectivity index (χ0v) is 10.6. The van der Waals surface area contributed by atoms with Crippen molar-refractivity contribution in [3.05, 3.63) is 27.7 Å². The number of carbonyl (C=O) groups excluding carboxylic acids is 1. The molecule has 0 aliphatic heterocycles. The van der Waals surface area contributed by atoms with Crippen molar-refractivity contribution in [2.24, 2.45) is 0 Å². The molecule has 1 aromatic carbocycles. The highest BCUT2D eigenvalue weighted by Gasteiger charge is 2.07. The molecule has 0 aliphatic rings. The Morgan fingerprint density at radius 3 is 2.60 bits per heavy atom. The van der Waals surface area contributed by atoms with Crippen LogP contribution in [0.2, 0.25) is 0 Å². The molecule has 0 amide bonds. The van der Waals surface area contributed by atoms with Gasteiger partial charge in [0.15, 0.2) is 0 Å². The summed E-state index contributed by atoms with van der Waals surface area (Å²) in [4.78, 5) is 10.5. The summed E-state index contributed by atoms with van der Waals surface area (Å²) in [5.41, 5.74) is 2.14. The molecule has 0 heterocycles. The predicted octanol–water partition coefficient (Wildman–Crippen LogP) is 3.15.